The van der Waals surface area contributed by atoms with Gasteiger partial charge in [0.2, 0.25) is 0 Å². The fraction of sp³-hybridized carbons (Fsp3) is 0.333. The number of halogens is 1. The number of hydrogen-bond acceptors (Lipinski definition) is 4. The lowest BCUT2D eigenvalue weighted by atomic mass is 10.1. The van der Waals surface area contributed by atoms with Crippen LogP contribution in [0.15, 0.2) is 22.7 Å². The molecule has 0 aliphatic carbocycles. The van der Waals surface area contributed by atoms with Crippen molar-refractivity contribution in [3.05, 3.63) is 38.3 Å². The number of nitrogens with zero attached hydrogens (tertiary/aromatic N) is 2. The minimum atomic E-state index is -1.00. The van der Waals surface area contributed by atoms with Crippen LogP contribution in [0.5, 0.6) is 0 Å². The Kier molecular flexibility index (Phi) is 5.63. The van der Waals surface area contributed by atoms with Crippen molar-refractivity contribution in [2.24, 2.45) is 0 Å². The van der Waals surface area contributed by atoms with E-state index in [1.54, 1.807) is 6.92 Å². The van der Waals surface area contributed by atoms with Crippen molar-refractivity contribution < 1.29 is 19.6 Å². The third-order valence-corrected chi connectivity index (χ3v) is 3.32. The minimum Gasteiger partial charge on any atom is -0.481 e. The van der Waals surface area contributed by atoms with E-state index >= 15 is 0 Å². The van der Waals surface area contributed by atoms with Gasteiger partial charge in [-0.05, 0) is 35.0 Å². The van der Waals surface area contributed by atoms with Gasteiger partial charge in [0.1, 0.15) is 0 Å². The number of carboxylic acids is 1. The van der Waals surface area contributed by atoms with Gasteiger partial charge in [-0.2, -0.15) is 0 Å². The van der Waals surface area contributed by atoms with Crippen LogP contribution in [0, 0.1) is 10.1 Å². The molecule has 0 saturated carbocycles. The second kappa shape index (κ2) is 6.99. The molecule has 0 unspecified atom stereocenters. The van der Waals surface area contributed by atoms with E-state index in [-0.39, 0.29) is 28.7 Å². The molecule has 0 saturated heterocycles. The van der Waals surface area contributed by atoms with E-state index in [1.165, 1.54) is 23.1 Å². The fourth-order valence-corrected chi connectivity index (χ4v) is 1.99. The average Bonchev–Trinajstić information content (AvgIpc) is 2.39. The number of nitro groups is 1. The first kappa shape index (κ1) is 16.1. The van der Waals surface area contributed by atoms with Gasteiger partial charge in [0.15, 0.2) is 0 Å². The number of benzene rings is 1. The maximum absolute atomic E-state index is 12.2. The first-order valence-corrected chi connectivity index (χ1v) is 6.61. The summed E-state index contributed by atoms with van der Waals surface area (Å²) in [7, 11) is 0. The molecule has 108 valence electrons. The van der Waals surface area contributed by atoms with Gasteiger partial charge in [0, 0.05) is 24.7 Å². The summed E-state index contributed by atoms with van der Waals surface area (Å²) in [6, 6.07) is 4.06. The van der Waals surface area contributed by atoms with Crippen LogP contribution in [-0.2, 0) is 4.79 Å². The summed E-state index contributed by atoms with van der Waals surface area (Å²) in [5, 5.41) is 19.5. The van der Waals surface area contributed by atoms with Crippen molar-refractivity contribution in [2.75, 3.05) is 13.1 Å². The quantitative estimate of drug-likeness (QED) is 0.630. The van der Waals surface area contributed by atoms with E-state index in [0.717, 1.165) is 0 Å². The first-order valence-electron chi connectivity index (χ1n) is 5.81. The van der Waals surface area contributed by atoms with E-state index < -0.39 is 16.8 Å². The van der Waals surface area contributed by atoms with Gasteiger partial charge >= 0.3 is 5.97 Å². The molecule has 8 heteroatoms. The third kappa shape index (κ3) is 4.02. The van der Waals surface area contributed by atoms with Crippen molar-refractivity contribution >= 4 is 33.5 Å². The molecule has 0 aromatic heterocycles. The summed E-state index contributed by atoms with van der Waals surface area (Å²) in [5.74, 6) is -1.43. The molecule has 0 atom stereocenters. The van der Waals surface area contributed by atoms with Crippen molar-refractivity contribution in [3.8, 4) is 0 Å². The topological polar surface area (TPSA) is 101 Å². The summed E-state index contributed by atoms with van der Waals surface area (Å²) >= 11 is 3.04. The Balaban J connectivity index is 2.97. The number of hydrogen-bond donors (Lipinski definition) is 1. The van der Waals surface area contributed by atoms with Crippen molar-refractivity contribution in [3.63, 3.8) is 0 Å². The molecule has 20 heavy (non-hydrogen) atoms. The molecule has 0 fully saturated rings. The Morgan fingerprint density at radius 2 is 2.10 bits per heavy atom. The summed E-state index contributed by atoms with van der Waals surface area (Å²) < 4.78 is 0.285. The highest BCUT2D eigenvalue weighted by molar-refractivity contribution is 9.10. The van der Waals surface area contributed by atoms with Crippen LogP contribution in [0.1, 0.15) is 23.7 Å². The summed E-state index contributed by atoms with van der Waals surface area (Å²) in [6.07, 6.45) is -0.168. The fourth-order valence-electron chi connectivity index (χ4n) is 1.60. The van der Waals surface area contributed by atoms with Gasteiger partial charge in [-0.25, -0.2) is 0 Å². The van der Waals surface area contributed by atoms with Crippen LogP contribution in [0.25, 0.3) is 0 Å². The second-order valence-corrected chi connectivity index (χ2v) is 4.81. The number of rotatable bonds is 6. The van der Waals surface area contributed by atoms with Crippen LogP contribution in [0.3, 0.4) is 0 Å². The third-order valence-electron chi connectivity index (χ3n) is 2.65. The number of nitro benzene ring substituents is 1. The zero-order chi connectivity index (χ0) is 15.3. The lowest BCUT2D eigenvalue weighted by Crippen LogP contribution is -2.32. The number of amides is 1. The molecule has 0 radical (unpaired) electrons. The Hall–Kier alpha value is -1.96. The lowest BCUT2D eigenvalue weighted by molar-refractivity contribution is -0.385. The molecule has 0 spiro atoms. The molecule has 1 amide bonds. The van der Waals surface area contributed by atoms with Crippen LogP contribution >= 0.6 is 15.9 Å². The standard InChI is InChI=1S/C12H13BrN2O5/c1-2-14(6-5-11(16)17)12(18)8-3-4-9(13)10(7-8)15(19)20/h3-4,7H,2,5-6H2,1H3,(H,16,17). The van der Waals surface area contributed by atoms with Crippen molar-refractivity contribution in [1.82, 2.24) is 4.90 Å². The molecule has 1 rings (SSSR count). The van der Waals surface area contributed by atoms with Gasteiger partial charge in [-0.3, -0.25) is 19.7 Å². The van der Waals surface area contributed by atoms with Crippen molar-refractivity contribution in [2.45, 2.75) is 13.3 Å². The molecule has 0 heterocycles. The van der Waals surface area contributed by atoms with Gasteiger partial charge in [-0.15, -0.1) is 0 Å². The predicted molar refractivity (Wildman–Crippen MR) is 74.6 cm³/mol. The average molecular weight is 345 g/mol. The molecular formula is C12H13BrN2O5. The minimum absolute atomic E-state index is 0.0640. The number of carbonyl (C=O) groups is 2. The molecule has 1 aromatic rings. The maximum atomic E-state index is 12.2. The van der Waals surface area contributed by atoms with E-state index in [9.17, 15) is 19.7 Å². The number of aliphatic carboxylic acids is 1. The molecule has 0 bridgehead atoms. The monoisotopic (exact) mass is 344 g/mol. The van der Waals surface area contributed by atoms with Crippen molar-refractivity contribution in [1.29, 1.82) is 0 Å². The highest BCUT2D eigenvalue weighted by Crippen LogP contribution is 2.26. The number of carboxylic acid groups (broad SMARTS) is 1. The highest BCUT2D eigenvalue weighted by atomic mass is 79.9. The first-order chi connectivity index (χ1) is 9.36. The van der Waals surface area contributed by atoms with Crippen LogP contribution < -0.4 is 0 Å². The van der Waals surface area contributed by atoms with Gasteiger partial charge < -0.3 is 10.0 Å². The molecular weight excluding hydrogens is 332 g/mol. The molecule has 1 aromatic carbocycles. The predicted octanol–water partition coefficient (Wildman–Crippen LogP) is 2.29. The van der Waals surface area contributed by atoms with Crippen LogP contribution in [0.2, 0.25) is 0 Å². The van der Waals surface area contributed by atoms with Gasteiger partial charge in [-0.1, -0.05) is 0 Å². The normalized spacial score (nSPS) is 10.1. The Morgan fingerprint density at radius 3 is 2.60 bits per heavy atom. The maximum Gasteiger partial charge on any atom is 0.305 e. The molecule has 7 nitrogen and oxygen atoms in total. The zero-order valence-electron chi connectivity index (χ0n) is 10.7. The van der Waals surface area contributed by atoms with E-state index in [0.29, 0.717) is 6.54 Å². The Labute approximate surface area is 123 Å². The summed E-state index contributed by atoms with van der Waals surface area (Å²) in [4.78, 5) is 34.3. The van der Waals surface area contributed by atoms with Crippen LogP contribution in [-0.4, -0.2) is 39.9 Å². The van der Waals surface area contributed by atoms with Gasteiger partial charge in [0.25, 0.3) is 11.6 Å². The number of carbonyl (C=O) groups excluding carboxylic acids is 1. The molecule has 1 N–H and O–H groups in total. The van der Waals surface area contributed by atoms with E-state index in [1.807, 2.05) is 0 Å². The van der Waals surface area contributed by atoms with E-state index in [2.05, 4.69) is 15.9 Å². The zero-order valence-corrected chi connectivity index (χ0v) is 12.3. The summed E-state index contributed by atoms with van der Waals surface area (Å²) in [5.41, 5.74) is -0.0442. The molecule has 0 aliphatic heterocycles. The van der Waals surface area contributed by atoms with Crippen LogP contribution in [0.4, 0.5) is 5.69 Å². The van der Waals surface area contributed by atoms with E-state index in [4.69, 9.17) is 5.11 Å². The smallest absolute Gasteiger partial charge is 0.305 e. The lowest BCUT2D eigenvalue weighted by Gasteiger charge is -2.19. The molecule has 0 aliphatic rings. The summed E-state index contributed by atoms with van der Waals surface area (Å²) in [6.45, 7) is 2.11. The van der Waals surface area contributed by atoms with Gasteiger partial charge in [0.05, 0.1) is 15.8 Å². The second-order valence-electron chi connectivity index (χ2n) is 3.95. The largest absolute Gasteiger partial charge is 0.481 e. The Bertz CT molecular complexity index is 547. The Morgan fingerprint density at radius 1 is 1.45 bits per heavy atom. The SMILES string of the molecule is CCN(CCC(=O)O)C(=O)c1ccc(Br)c([N+](=O)[O-])c1. The highest BCUT2D eigenvalue weighted by Gasteiger charge is 2.19.